The van der Waals surface area contributed by atoms with Gasteiger partial charge in [-0.25, -0.2) is 0 Å². The molecule has 3 rings (SSSR count). The van der Waals surface area contributed by atoms with Crippen LogP contribution in [0.15, 0.2) is 52.9 Å². The van der Waals surface area contributed by atoms with Gasteiger partial charge in [0.05, 0.1) is 21.8 Å². The molecule has 0 saturated carbocycles. The molecule has 0 aliphatic rings. The Morgan fingerprint density at radius 2 is 1.69 bits per heavy atom. The fraction of sp³-hybridized carbons (Fsp3) is 0.0625. The lowest BCUT2D eigenvalue weighted by Gasteiger charge is -2.13. The van der Waals surface area contributed by atoms with Crippen LogP contribution >= 0.6 is 22.9 Å². The fourth-order valence-electron chi connectivity index (χ4n) is 2.19. The number of carbonyl (C=O) groups excluding carboxylic acids is 1. The Labute approximate surface area is 171 Å². The summed E-state index contributed by atoms with van der Waals surface area (Å²) in [5, 5.41) is 9.32. The third-order valence-corrected chi connectivity index (χ3v) is 6.35. The molecule has 7 nitrogen and oxygen atoms in total. The van der Waals surface area contributed by atoms with E-state index in [0.717, 1.165) is 18.2 Å². The topological polar surface area (TPSA) is 101 Å². The zero-order valence-electron chi connectivity index (χ0n) is 14.1. The van der Waals surface area contributed by atoms with Crippen LogP contribution in [-0.2, 0) is 16.2 Å². The standard InChI is InChI=1S/C16H10ClF3N4O3S2/c17-11-7-3-1-5-9(11)13(25)21-14-22-23-15(28-14)29(26,27)24-12-8-4-2-6-10(12)16(18,19)20/h1-8,24H,(H,21,22,25). The largest absolute Gasteiger partial charge is 0.418 e. The summed E-state index contributed by atoms with van der Waals surface area (Å²) in [6.45, 7) is 0. The molecule has 0 spiro atoms. The molecule has 13 heteroatoms. The third kappa shape index (κ3) is 4.83. The van der Waals surface area contributed by atoms with E-state index < -0.39 is 37.7 Å². The van der Waals surface area contributed by atoms with E-state index in [1.807, 2.05) is 4.72 Å². The molecule has 0 radical (unpaired) electrons. The number of sulfonamides is 1. The lowest BCUT2D eigenvalue weighted by atomic mass is 10.2. The molecule has 1 aromatic heterocycles. The minimum atomic E-state index is -4.76. The molecule has 0 unspecified atom stereocenters. The maximum Gasteiger partial charge on any atom is 0.418 e. The smallest absolute Gasteiger partial charge is 0.296 e. The summed E-state index contributed by atoms with van der Waals surface area (Å²) in [5.74, 6) is -0.647. The van der Waals surface area contributed by atoms with Gasteiger partial charge < -0.3 is 0 Å². The molecule has 0 fully saturated rings. The maximum atomic E-state index is 13.0. The number of hydrogen-bond acceptors (Lipinski definition) is 6. The monoisotopic (exact) mass is 462 g/mol. The van der Waals surface area contributed by atoms with Crippen molar-refractivity contribution < 1.29 is 26.4 Å². The highest BCUT2D eigenvalue weighted by atomic mass is 35.5. The van der Waals surface area contributed by atoms with Crippen molar-refractivity contribution in [3.63, 3.8) is 0 Å². The number of aromatic nitrogens is 2. The molecular formula is C16H10ClF3N4O3S2. The summed E-state index contributed by atoms with van der Waals surface area (Å²) < 4.78 is 65.2. The van der Waals surface area contributed by atoms with Crippen LogP contribution in [0.25, 0.3) is 0 Å². The Bertz CT molecular complexity index is 1170. The first-order valence-corrected chi connectivity index (χ1v) is 10.3. The number of nitrogens with zero attached hydrogens (tertiary/aromatic N) is 2. The molecule has 0 aliphatic carbocycles. The first-order valence-electron chi connectivity index (χ1n) is 7.66. The first-order chi connectivity index (χ1) is 13.6. The summed E-state index contributed by atoms with van der Waals surface area (Å²) in [4.78, 5) is 12.2. The van der Waals surface area contributed by atoms with E-state index in [0.29, 0.717) is 11.3 Å². The molecule has 0 atom stereocenters. The molecule has 1 heterocycles. The van der Waals surface area contributed by atoms with Gasteiger partial charge in [0.1, 0.15) is 0 Å². The third-order valence-electron chi connectivity index (χ3n) is 3.45. The van der Waals surface area contributed by atoms with Crippen molar-refractivity contribution in [2.75, 3.05) is 10.0 Å². The van der Waals surface area contributed by atoms with Gasteiger partial charge in [-0.05, 0) is 24.3 Å². The van der Waals surface area contributed by atoms with Crippen LogP contribution in [0, 0.1) is 0 Å². The van der Waals surface area contributed by atoms with E-state index in [2.05, 4.69) is 15.5 Å². The van der Waals surface area contributed by atoms with Gasteiger partial charge in [-0.15, -0.1) is 10.2 Å². The van der Waals surface area contributed by atoms with Gasteiger partial charge in [0.25, 0.3) is 20.3 Å². The van der Waals surface area contributed by atoms with Crippen LogP contribution in [0.4, 0.5) is 24.0 Å². The molecule has 29 heavy (non-hydrogen) atoms. The Balaban J connectivity index is 1.81. The molecule has 2 N–H and O–H groups in total. The number of nitrogens with one attached hydrogen (secondary N) is 2. The Kier molecular flexibility index (Phi) is 5.78. The minimum absolute atomic E-state index is 0.131. The van der Waals surface area contributed by atoms with Crippen LogP contribution < -0.4 is 10.0 Å². The highest BCUT2D eigenvalue weighted by Gasteiger charge is 2.34. The number of anilines is 2. The number of amides is 1. The van der Waals surface area contributed by atoms with E-state index in [1.165, 1.54) is 18.2 Å². The number of para-hydroxylation sites is 1. The molecule has 2 aromatic carbocycles. The van der Waals surface area contributed by atoms with Gasteiger partial charge >= 0.3 is 6.18 Å². The second-order valence-corrected chi connectivity index (χ2v) is 8.70. The molecule has 1 amide bonds. The average Bonchev–Trinajstić information content (AvgIpc) is 3.11. The van der Waals surface area contributed by atoms with Crippen LogP contribution in [0.1, 0.15) is 15.9 Å². The van der Waals surface area contributed by atoms with Gasteiger partial charge in [0, 0.05) is 0 Å². The van der Waals surface area contributed by atoms with Gasteiger partial charge in [0.2, 0.25) is 5.13 Å². The predicted molar refractivity (Wildman–Crippen MR) is 102 cm³/mol. The van der Waals surface area contributed by atoms with Crippen molar-refractivity contribution >= 4 is 49.7 Å². The summed E-state index contributed by atoms with van der Waals surface area (Å²) in [6.07, 6.45) is -4.76. The van der Waals surface area contributed by atoms with Crippen molar-refractivity contribution in [2.45, 2.75) is 10.5 Å². The second kappa shape index (κ2) is 7.97. The van der Waals surface area contributed by atoms with Gasteiger partial charge in [-0.3, -0.25) is 14.8 Å². The lowest BCUT2D eigenvalue weighted by molar-refractivity contribution is -0.136. The molecular weight excluding hydrogens is 453 g/mol. The fourth-order valence-corrected chi connectivity index (χ4v) is 4.38. The Hall–Kier alpha value is -2.70. The van der Waals surface area contributed by atoms with E-state index in [4.69, 9.17) is 11.6 Å². The first kappa shape index (κ1) is 21.0. The quantitative estimate of drug-likeness (QED) is 0.552. The van der Waals surface area contributed by atoms with Crippen LogP contribution in [0.5, 0.6) is 0 Å². The summed E-state index contributed by atoms with van der Waals surface area (Å²) in [5.41, 5.74) is -1.68. The Morgan fingerprint density at radius 3 is 2.38 bits per heavy atom. The number of rotatable bonds is 5. The van der Waals surface area contributed by atoms with Crippen molar-refractivity contribution in [2.24, 2.45) is 0 Å². The van der Waals surface area contributed by atoms with Crippen molar-refractivity contribution in [1.82, 2.24) is 10.2 Å². The number of carbonyl (C=O) groups is 1. The highest BCUT2D eigenvalue weighted by Crippen LogP contribution is 2.35. The predicted octanol–water partition coefficient (Wildman–Crippen LogP) is 4.26. The zero-order chi connectivity index (χ0) is 21.2. The minimum Gasteiger partial charge on any atom is -0.296 e. The summed E-state index contributed by atoms with van der Waals surface area (Å²) in [6, 6.07) is 10.3. The van der Waals surface area contributed by atoms with E-state index in [9.17, 15) is 26.4 Å². The van der Waals surface area contributed by atoms with Crippen molar-refractivity contribution in [1.29, 1.82) is 0 Å². The number of halogens is 4. The van der Waals surface area contributed by atoms with Crippen LogP contribution in [-0.4, -0.2) is 24.5 Å². The van der Waals surface area contributed by atoms with Gasteiger partial charge in [-0.2, -0.15) is 21.6 Å². The second-order valence-electron chi connectivity index (χ2n) is 5.46. The van der Waals surface area contributed by atoms with Crippen LogP contribution in [0.3, 0.4) is 0 Å². The van der Waals surface area contributed by atoms with Crippen molar-refractivity contribution in [3.8, 4) is 0 Å². The molecule has 0 saturated heterocycles. The molecule has 3 aromatic rings. The van der Waals surface area contributed by atoms with E-state index in [-0.39, 0.29) is 15.7 Å². The molecule has 0 bridgehead atoms. The summed E-state index contributed by atoms with van der Waals surface area (Å²) in [7, 11) is -4.47. The van der Waals surface area contributed by atoms with Gasteiger partial charge in [-0.1, -0.05) is 47.2 Å². The SMILES string of the molecule is O=C(Nc1nnc(S(=O)(=O)Nc2ccccc2C(F)(F)F)s1)c1ccccc1Cl. The molecule has 0 aliphatic heterocycles. The normalized spacial score (nSPS) is 11.9. The average molecular weight is 463 g/mol. The van der Waals surface area contributed by atoms with Gasteiger partial charge in [0.15, 0.2) is 0 Å². The summed E-state index contributed by atoms with van der Waals surface area (Å²) >= 11 is 6.39. The Morgan fingerprint density at radius 1 is 1.03 bits per heavy atom. The van der Waals surface area contributed by atoms with E-state index in [1.54, 1.807) is 12.1 Å². The van der Waals surface area contributed by atoms with Crippen molar-refractivity contribution in [3.05, 3.63) is 64.7 Å². The lowest BCUT2D eigenvalue weighted by Crippen LogP contribution is -2.17. The van der Waals surface area contributed by atoms with E-state index >= 15 is 0 Å². The zero-order valence-corrected chi connectivity index (χ0v) is 16.5. The number of hydrogen-bond donors (Lipinski definition) is 2. The number of benzene rings is 2. The number of alkyl halides is 3. The highest BCUT2D eigenvalue weighted by molar-refractivity contribution is 7.94. The maximum absolute atomic E-state index is 13.0. The molecule has 152 valence electrons. The van der Waals surface area contributed by atoms with Crippen LogP contribution in [0.2, 0.25) is 5.02 Å².